The number of unbranched alkanes of at least 4 members (excludes halogenated alkanes) is 1. The van der Waals surface area contributed by atoms with Gasteiger partial charge < -0.3 is 10.6 Å². The largest absolute Gasteiger partial charge is 0.353 e. The highest BCUT2D eigenvalue weighted by molar-refractivity contribution is 5.81. The van der Waals surface area contributed by atoms with E-state index in [0.29, 0.717) is 36.2 Å². The number of hydrogen-bond donors (Lipinski definition) is 2. The number of nitrogens with zero attached hydrogens (tertiary/aromatic N) is 2. The normalized spacial score (nSPS) is 15.1. The van der Waals surface area contributed by atoms with Crippen LogP contribution >= 0.6 is 0 Å². The summed E-state index contributed by atoms with van der Waals surface area (Å²) in [7, 11) is 0. The van der Waals surface area contributed by atoms with E-state index >= 15 is 0 Å². The highest BCUT2D eigenvalue weighted by atomic mass is 16.2. The first-order valence-corrected chi connectivity index (χ1v) is 11.7. The summed E-state index contributed by atoms with van der Waals surface area (Å²) in [5, 5.41) is 6.33. The number of para-hydroxylation sites is 1. The molecule has 2 N–H and O–H groups in total. The molecule has 1 saturated carbocycles. The van der Waals surface area contributed by atoms with E-state index in [1.165, 1.54) is 9.13 Å². The van der Waals surface area contributed by atoms with Crippen LogP contribution in [0.5, 0.6) is 0 Å². The van der Waals surface area contributed by atoms with E-state index in [4.69, 9.17) is 0 Å². The van der Waals surface area contributed by atoms with Crippen molar-refractivity contribution in [3.05, 3.63) is 45.1 Å². The molecule has 1 aromatic carbocycles. The van der Waals surface area contributed by atoms with Crippen LogP contribution < -0.4 is 21.9 Å². The van der Waals surface area contributed by atoms with E-state index in [0.717, 1.165) is 32.1 Å². The number of fused-ring (bicyclic) bond motifs is 1. The third-order valence-electron chi connectivity index (χ3n) is 6.21. The Morgan fingerprint density at radius 3 is 2.50 bits per heavy atom. The number of aromatic nitrogens is 2. The predicted molar refractivity (Wildman–Crippen MR) is 125 cm³/mol. The molecule has 0 spiro atoms. The Balaban J connectivity index is 1.72. The number of nitrogens with one attached hydrogen (secondary N) is 2. The second kappa shape index (κ2) is 11.1. The van der Waals surface area contributed by atoms with Crippen molar-refractivity contribution < 1.29 is 9.59 Å². The molecular weight excluding hydrogens is 408 g/mol. The molecule has 2 aromatic rings. The molecule has 1 aliphatic carbocycles. The fourth-order valence-corrected chi connectivity index (χ4v) is 4.21. The Morgan fingerprint density at radius 1 is 1.06 bits per heavy atom. The molecule has 8 nitrogen and oxygen atoms in total. The lowest BCUT2D eigenvalue weighted by Crippen LogP contribution is -2.43. The SMILES string of the molecule is CC[C@@H](C)NC(=O)Cn1c(=O)n(CCCCC(=O)NC2CCCC2)c(=O)c2ccccc21. The highest BCUT2D eigenvalue weighted by Gasteiger charge is 2.18. The van der Waals surface area contributed by atoms with Crippen molar-refractivity contribution in [3.63, 3.8) is 0 Å². The van der Waals surface area contributed by atoms with Gasteiger partial charge in [0.2, 0.25) is 11.8 Å². The average Bonchev–Trinajstić information content (AvgIpc) is 3.28. The molecule has 0 saturated heterocycles. The van der Waals surface area contributed by atoms with E-state index in [2.05, 4.69) is 10.6 Å². The first kappa shape index (κ1) is 23.8. The van der Waals surface area contributed by atoms with Gasteiger partial charge in [0.25, 0.3) is 5.56 Å². The molecule has 0 radical (unpaired) electrons. The summed E-state index contributed by atoms with van der Waals surface area (Å²) in [6.45, 7) is 3.95. The maximum atomic E-state index is 13.1. The fourth-order valence-electron chi connectivity index (χ4n) is 4.21. The van der Waals surface area contributed by atoms with Crippen LogP contribution in [0.4, 0.5) is 0 Å². The lowest BCUT2D eigenvalue weighted by molar-refractivity contribution is -0.123. The summed E-state index contributed by atoms with van der Waals surface area (Å²) >= 11 is 0. The molecule has 0 unspecified atom stereocenters. The van der Waals surface area contributed by atoms with E-state index in [1.54, 1.807) is 24.3 Å². The molecule has 0 aliphatic heterocycles. The fraction of sp³-hybridized carbons (Fsp3) is 0.583. The van der Waals surface area contributed by atoms with Crippen molar-refractivity contribution in [1.82, 2.24) is 19.8 Å². The quantitative estimate of drug-likeness (QED) is 0.551. The zero-order valence-corrected chi connectivity index (χ0v) is 19.1. The third-order valence-corrected chi connectivity index (χ3v) is 6.21. The zero-order chi connectivity index (χ0) is 23.1. The number of amides is 2. The number of carbonyl (C=O) groups excluding carboxylic acids is 2. The van der Waals surface area contributed by atoms with E-state index in [-0.39, 0.29) is 36.5 Å². The summed E-state index contributed by atoms with van der Waals surface area (Å²) < 4.78 is 2.55. The third kappa shape index (κ3) is 5.87. The molecule has 1 atom stereocenters. The van der Waals surface area contributed by atoms with Gasteiger partial charge in [-0.15, -0.1) is 0 Å². The lowest BCUT2D eigenvalue weighted by Gasteiger charge is -2.16. The number of carbonyl (C=O) groups is 2. The maximum absolute atomic E-state index is 13.1. The molecule has 8 heteroatoms. The molecular formula is C24H34N4O4. The molecule has 174 valence electrons. The standard InChI is InChI=1S/C24H34N4O4/c1-3-17(2)25-22(30)16-28-20-13-7-6-12-19(20)23(31)27(24(28)32)15-9-8-14-21(29)26-18-10-4-5-11-18/h6-7,12-13,17-18H,3-5,8-11,14-16H2,1-2H3,(H,25,30)(H,26,29)/t17-/m1/s1. The Labute approximate surface area is 188 Å². The molecule has 32 heavy (non-hydrogen) atoms. The molecule has 1 aromatic heterocycles. The Morgan fingerprint density at radius 2 is 1.78 bits per heavy atom. The Hall–Kier alpha value is -2.90. The van der Waals surface area contributed by atoms with Crippen molar-refractivity contribution in [3.8, 4) is 0 Å². The summed E-state index contributed by atoms with van der Waals surface area (Å²) in [5.74, 6) is -0.234. The molecule has 2 amide bonds. The van der Waals surface area contributed by atoms with Gasteiger partial charge in [0, 0.05) is 25.0 Å². The van der Waals surface area contributed by atoms with Crippen LogP contribution in [0.2, 0.25) is 0 Å². The summed E-state index contributed by atoms with van der Waals surface area (Å²) in [6, 6.07) is 7.15. The van der Waals surface area contributed by atoms with Gasteiger partial charge in [-0.05, 0) is 51.2 Å². The van der Waals surface area contributed by atoms with Crippen LogP contribution in [0.1, 0.15) is 65.2 Å². The second-order valence-electron chi connectivity index (χ2n) is 8.73. The smallest absolute Gasteiger partial charge is 0.331 e. The summed E-state index contributed by atoms with van der Waals surface area (Å²) in [6.07, 6.45) is 6.70. The Bertz CT molecular complexity index is 1070. The number of rotatable bonds is 10. The van der Waals surface area contributed by atoms with Crippen molar-refractivity contribution in [1.29, 1.82) is 0 Å². The molecule has 1 heterocycles. The molecule has 0 bridgehead atoms. The van der Waals surface area contributed by atoms with Gasteiger partial charge in [-0.2, -0.15) is 0 Å². The minimum absolute atomic E-state index is 0.00532. The maximum Gasteiger partial charge on any atom is 0.331 e. The van der Waals surface area contributed by atoms with Gasteiger partial charge >= 0.3 is 5.69 Å². The predicted octanol–water partition coefficient (Wildman–Crippen LogP) is 2.31. The molecule has 1 fully saturated rings. The van der Waals surface area contributed by atoms with E-state index < -0.39 is 5.69 Å². The Kier molecular flexibility index (Phi) is 8.25. The first-order chi connectivity index (χ1) is 15.4. The summed E-state index contributed by atoms with van der Waals surface area (Å²) in [5.41, 5.74) is -0.406. The highest BCUT2D eigenvalue weighted by Crippen LogP contribution is 2.17. The number of benzene rings is 1. The van der Waals surface area contributed by atoms with Gasteiger partial charge in [0.15, 0.2) is 0 Å². The van der Waals surface area contributed by atoms with Crippen LogP contribution in [0, 0.1) is 0 Å². The van der Waals surface area contributed by atoms with E-state index in [1.807, 2.05) is 13.8 Å². The van der Waals surface area contributed by atoms with Crippen LogP contribution in [-0.4, -0.2) is 33.0 Å². The minimum atomic E-state index is -0.497. The van der Waals surface area contributed by atoms with Gasteiger partial charge in [0.05, 0.1) is 10.9 Å². The van der Waals surface area contributed by atoms with Crippen LogP contribution in [0.3, 0.4) is 0 Å². The lowest BCUT2D eigenvalue weighted by atomic mass is 10.2. The van der Waals surface area contributed by atoms with Crippen molar-refractivity contribution in [2.45, 2.75) is 90.4 Å². The van der Waals surface area contributed by atoms with E-state index in [9.17, 15) is 19.2 Å². The van der Waals surface area contributed by atoms with Gasteiger partial charge in [-0.3, -0.25) is 23.5 Å². The zero-order valence-electron chi connectivity index (χ0n) is 19.1. The topological polar surface area (TPSA) is 102 Å². The number of hydrogen-bond acceptors (Lipinski definition) is 4. The monoisotopic (exact) mass is 442 g/mol. The van der Waals surface area contributed by atoms with Gasteiger partial charge in [-0.1, -0.05) is 31.9 Å². The molecule has 3 rings (SSSR count). The van der Waals surface area contributed by atoms with Crippen molar-refractivity contribution in [2.75, 3.05) is 0 Å². The minimum Gasteiger partial charge on any atom is -0.353 e. The van der Waals surface area contributed by atoms with Crippen molar-refractivity contribution >= 4 is 22.7 Å². The van der Waals surface area contributed by atoms with Crippen molar-refractivity contribution in [2.24, 2.45) is 0 Å². The summed E-state index contributed by atoms with van der Waals surface area (Å²) in [4.78, 5) is 50.6. The first-order valence-electron chi connectivity index (χ1n) is 11.7. The van der Waals surface area contributed by atoms with Crippen LogP contribution in [-0.2, 0) is 22.7 Å². The molecule has 1 aliphatic rings. The van der Waals surface area contributed by atoms with Gasteiger partial charge in [0.1, 0.15) is 6.54 Å². The second-order valence-corrected chi connectivity index (χ2v) is 8.73. The van der Waals surface area contributed by atoms with Crippen LogP contribution in [0.15, 0.2) is 33.9 Å². The van der Waals surface area contributed by atoms with Gasteiger partial charge in [-0.25, -0.2) is 4.79 Å². The average molecular weight is 443 g/mol. The van der Waals surface area contributed by atoms with Crippen LogP contribution in [0.25, 0.3) is 10.9 Å².